The standard InChI is InChI=1S/C13H11FN2O2/c1-7-3-4-9(5-10(7)14)12-15-6-8(2)11(16-12)13(17)18/h3-6H,1-2H3,(H,17,18). The van der Waals surface area contributed by atoms with Crippen LogP contribution >= 0.6 is 0 Å². The van der Waals surface area contributed by atoms with Gasteiger partial charge in [-0.05, 0) is 25.5 Å². The SMILES string of the molecule is Cc1ccc(-c2ncc(C)c(C(=O)O)n2)cc1F. The van der Waals surface area contributed by atoms with Gasteiger partial charge in [-0.1, -0.05) is 12.1 Å². The Labute approximate surface area is 103 Å². The molecule has 0 aliphatic carbocycles. The predicted octanol–water partition coefficient (Wildman–Crippen LogP) is 2.60. The van der Waals surface area contributed by atoms with E-state index in [9.17, 15) is 9.18 Å². The zero-order valence-corrected chi connectivity index (χ0v) is 9.94. The summed E-state index contributed by atoms with van der Waals surface area (Å²) < 4.78 is 13.4. The summed E-state index contributed by atoms with van der Waals surface area (Å²) in [5, 5.41) is 8.97. The lowest BCUT2D eigenvalue weighted by Crippen LogP contribution is -2.06. The zero-order chi connectivity index (χ0) is 13.3. The van der Waals surface area contributed by atoms with Crippen LogP contribution in [0.4, 0.5) is 4.39 Å². The number of carbonyl (C=O) groups is 1. The largest absolute Gasteiger partial charge is 0.477 e. The van der Waals surface area contributed by atoms with Crippen LogP contribution in [0.5, 0.6) is 0 Å². The molecule has 0 atom stereocenters. The minimum absolute atomic E-state index is 0.0685. The number of aryl methyl sites for hydroxylation is 2. The summed E-state index contributed by atoms with van der Waals surface area (Å²) in [6.07, 6.45) is 1.42. The van der Waals surface area contributed by atoms with Crippen molar-refractivity contribution in [2.75, 3.05) is 0 Å². The molecule has 1 aromatic heterocycles. The number of aromatic carboxylic acids is 1. The Kier molecular flexibility index (Phi) is 3.06. The summed E-state index contributed by atoms with van der Waals surface area (Å²) in [4.78, 5) is 18.9. The average molecular weight is 246 g/mol. The molecule has 4 nitrogen and oxygen atoms in total. The third-order valence-corrected chi connectivity index (χ3v) is 2.60. The molecule has 92 valence electrons. The van der Waals surface area contributed by atoms with E-state index in [-0.39, 0.29) is 17.3 Å². The lowest BCUT2D eigenvalue weighted by molar-refractivity contribution is 0.0689. The van der Waals surface area contributed by atoms with Crippen LogP contribution in [-0.4, -0.2) is 21.0 Å². The minimum atomic E-state index is -1.12. The first-order valence-corrected chi connectivity index (χ1v) is 5.32. The maximum Gasteiger partial charge on any atom is 0.354 e. The lowest BCUT2D eigenvalue weighted by atomic mass is 10.1. The topological polar surface area (TPSA) is 63.1 Å². The predicted molar refractivity (Wildman–Crippen MR) is 63.9 cm³/mol. The number of carboxylic acid groups (broad SMARTS) is 1. The maximum absolute atomic E-state index is 13.4. The molecule has 1 heterocycles. The molecular weight excluding hydrogens is 235 g/mol. The van der Waals surface area contributed by atoms with Crippen molar-refractivity contribution in [3.05, 3.63) is 47.0 Å². The molecule has 2 aromatic rings. The molecule has 0 spiro atoms. The maximum atomic E-state index is 13.4. The Hall–Kier alpha value is -2.30. The van der Waals surface area contributed by atoms with Crippen molar-refractivity contribution >= 4 is 5.97 Å². The molecule has 0 aliphatic heterocycles. The van der Waals surface area contributed by atoms with Crippen LogP contribution in [0.15, 0.2) is 24.4 Å². The molecule has 0 saturated carbocycles. The molecular formula is C13H11FN2O2. The second-order valence-electron chi connectivity index (χ2n) is 3.99. The van der Waals surface area contributed by atoms with E-state index in [0.717, 1.165) is 0 Å². The van der Waals surface area contributed by atoms with E-state index in [1.165, 1.54) is 12.3 Å². The molecule has 0 unspecified atom stereocenters. The third kappa shape index (κ3) is 2.20. The van der Waals surface area contributed by atoms with E-state index in [1.807, 2.05) is 0 Å². The van der Waals surface area contributed by atoms with Gasteiger partial charge in [0.1, 0.15) is 5.82 Å². The average Bonchev–Trinajstić information content (AvgIpc) is 2.33. The first-order valence-electron chi connectivity index (χ1n) is 5.32. The Morgan fingerprint density at radius 1 is 1.28 bits per heavy atom. The fourth-order valence-electron chi connectivity index (χ4n) is 1.53. The Balaban J connectivity index is 2.54. The van der Waals surface area contributed by atoms with Crippen LogP contribution in [0.2, 0.25) is 0 Å². The second-order valence-corrected chi connectivity index (χ2v) is 3.99. The van der Waals surface area contributed by atoms with Gasteiger partial charge in [-0.25, -0.2) is 19.2 Å². The van der Waals surface area contributed by atoms with Crippen molar-refractivity contribution in [2.45, 2.75) is 13.8 Å². The summed E-state index contributed by atoms with van der Waals surface area (Å²) in [5.41, 5.74) is 1.38. The fraction of sp³-hybridized carbons (Fsp3) is 0.154. The van der Waals surface area contributed by atoms with Gasteiger partial charge in [0.05, 0.1) is 0 Å². The van der Waals surface area contributed by atoms with Crippen LogP contribution in [0.1, 0.15) is 21.6 Å². The van der Waals surface area contributed by atoms with Gasteiger partial charge in [-0.3, -0.25) is 0 Å². The Morgan fingerprint density at radius 3 is 2.61 bits per heavy atom. The van der Waals surface area contributed by atoms with E-state index >= 15 is 0 Å². The highest BCUT2D eigenvalue weighted by molar-refractivity contribution is 5.87. The molecule has 1 N–H and O–H groups in total. The first-order chi connectivity index (χ1) is 8.49. The van der Waals surface area contributed by atoms with E-state index in [0.29, 0.717) is 16.7 Å². The van der Waals surface area contributed by atoms with E-state index in [1.54, 1.807) is 26.0 Å². The second kappa shape index (κ2) is 4.52. The summed E-state index contributed by atoms with van der Waals surface area (Å²) in [7, 11) is 0. The number of halogens is 1. The number of nitrogens with zero attached hydrogens (tertiary/aromatic N) is 2. The van der Waals surface area contributed by atoms with E-state index in [4.69, 9.17) is 5.11 Å². The first kappa shape index (κ1) is 12.2. The van der Waals surface area contributed by atoms with Crippen molar-refractivity contribution in [1.82, 2.24) is 9.97 Å². The van der Waals surface area contributed by atoms with Gasteiger partial charge < -0.3 is 5.11 Å². The monoisotopic (exact) mass is 246 g/mol. The number of aromatic nitrogens is 2. The number of carboxylic acids is 1. The molecule has 0 amide bonds. The molecule has 0 aliphatic rings. The highest BCUT2D eigenvalue weighted by Crippen LogP contribution is 2.19. The Morgan fingerprint density at radius 2 is 2.00 bits per heavy atom. The lowest BCUT2D eigenvalue weighted by Gasteiger charge is -2.05. The molecule has 5 heteroatoms. The molecule has 1 aromatic carbocycles. The van der Waals surface area contributed by atoms with Gasteiger partial charge in [-0.2, -0.15) is 0 Å². The van der Waals surface area contributed by atoms with Crippen LogP contribution in [0, 0.1) is 19.7 Å². The van der Waals surface area contributed by atoms with Crippen LogP contribution in [0.3, 0.4) is 0 Å². The molecule has 0 fully saturated rings. The fourth-order valence-corrected chi connectivity index (χ4v) is 1.53. The van der Waals surface area contributed by atoms with Crippen molar-refractivity contribution in [2.24, 2.45) is 0 Å². The highest BCUT2D eigenvalue weighted by Gasteiger charge is 2.12. The van der Waals surface area contributed by atoms with Gasteiger partial charge in [0.2, 0.25) is 0 Å². The van der Waals surface area contributed by atoms with Gasteiger partial charge in [0.15, 0.2) is 11.5 Å². The van der Waals surface area contributed by atoms with Crippen LogP contribution in [0.25, 0.3) is 11.4 Å². The van der Waals surface area contributed by atoms with Crippen LogP contribution in [-0.2, 0) is 0 Å². The van der Waals surface area contributed by atoms with Crippen molar-refractivity contribution in [3.63, 3.8) is 0 Å². The van der Waals surface area contributed by atoms with Crippen LogP contribution < -0.4 is 0 Å². The van der Waals surface area contributed by atoms with Gasteiger partial charge in [-0.15, -0.1) is 0 Å². The smallest absolute Gasteiger partial charge is 0.354 e. The number of hydrogen-bond donors (Lipinski definition) is 1. The third-order valence-electron chi connectivity index (χ3n) is 2.60. The molecule has 0 saturated heterocycles. The summed E-state index contributed by atoms with van der Waals surface area (Å²) in [6, 6.07) is 4.56. The quantitative estimate of drug-likeness (QED) is 0.884. The van der Waals surface area contributed by atoms with E-state index < -0.39 is 5.97 Å². The van der Waals surface area contributed by atoms with E-state index in [2.05, 4.69) is 9.97 Å². The van der Waals surface area contributed by atoms with Crippen molar-refractivity contribution in [3.8, 4) is 11.4 Å². The Bertz CT molecular complexity index is 626. The minimum Gasteiger partial charge on any atom is -0.477 e. The summed E-state index contributed by atoms with van der Waals surface area (Å²) >= 11 is 0. The summed E-state index contributed by atoms with van der Waals surface area (Å²) in [6.45, 7) is 3.26. The van der Waals surface area contributed by atoms with Crippen molar-refractivity contribution < 1.29 is 14.3 Å². The molecule has 0 radical (unpaired) electrons. The molecule has 2 rings (SSSR count). The van der Waals surface area contributed by atoms with Gasteiger partial charge in [0.25, 0.3) is 0 Å². The number of hydrogen-bond acceptors (Lipinski definition) is 3. The van der Waals surface area contributed by atoms with Crippen molar-refractivity contribution in [1.29, 1.82) is 0 Å². The zero-order valence-electron chi connectivity index (χ0n) is 9.94. The van der Waals surface area contributed by atoms with Gasteiger partial charge >= 0.3 is 5.97 Å². The number of rotatable bonds is 2. The van der Waals surface area contributed by atoms with Gasteiger partial charge in [0, 0.05) is 17.3 Å². The highest BCUT2D eigenvalue weighted by atomic mass is 19.1. The normalized spacial score (nSPS) is 10.4. The number of benzene rings is 1. The molecule has 0 bridgehead atoms. The molecule has 18 heavy (non-hydrogen) atoms. The summed E-state index contributed by atoms with van der Waals surface area (Å²) in [5.74, 6) is -1.28.